The molecule has 1 N–H and O–H groups in total. The number of halogens is 1. The predicted molar refractivity (Wildman–Crippen MR) is 84.8 cm³/mol. The maximum atomic E-state index is 6.43. The van der Waals surface area contributed by atoms with E-state index >= 15 is 0 Å². The van der Waals surface area contributed by atoms with Crippen LogP contribution in [0.15, 0.2) is 24.3 Å². The first kappa shape index (κ1) is 15.1. The van der Waals surface area contributed by atoms with Gasteiger partial charge in [-0.25, -0.2) is 4.68 Å². The first-order chi connectivity index (χ1) is 9.52. The Kier molecular flexibility index (Phi) is 4.84. The third kappa shape index (κ3) is 3.22. The van der Waals surface area contributed by atoms with Crippen molar-refractivity contribution in [2.45, 2.75) is 40.2 Å². The molecule has 1 heterocycles. The van der Waals surface area contributed by atoms with Crippen molar-refractivity contribution >= 4 is 11.6 Å². The molecular weight excluding hydrogens is 270 g/mol. The summed E-state index contributed by atoms with van der Waals surface area (Å²) in [7, 11) is 0. The van der Waals surface area contributed by atoms with Crippen molar-refractivity contribution in [3.05, 3.63) is 46.2 Å². The standard InChI is InChI=1S/C16H22ClN3/c1-5-8-18-13(4)15-7-6-14(10-16(15)17)20-12(3)9-11(2)19-20/h6-7,9-10,13,18H,5,8H2,1-4H3. The molecule has 0 aliphatic heterocycles. The number of aryl methyl sites for hydroxylation is 2. The first-order valence-corrected chi connectivity index (χ1v) is 7.47. The Bertz CT molecular complexity index is 589. The van der Waals surface area contributed by atoms with Crippen LogP contribution in [0.3, 0.4) is 0 Å². The molecule has 108 valence electrons. The van der Waals surface area contributed by atoms with E-state index in [0.29, 0.717) is 0 Å². The molecule has 0 amide bonds. The average Bonchev–Trinajstić information content (AvgIpc) is 2.75. The average molecular weight is 292 g/mol. The van der Waals surface area contributed by atoms with Crippen molar-refractivity contribution in [1.82, 2.24) is 15.1 Å². The lowest BCUT2D eigenvalue weighted by Crippen LogP contribution is -2.19. The van der Waals surface area contributed by atoms with Gasteiger partial charge in [-0.3, -0.25) is 0 Å². The molecule has 0 aliphatic carbocycles. The Hall–Kier alpha value is -1.32. The van der Waals surface area contributed by atoms with Gasteiger partial charge in [-0.15, -0.1) is 0 Å². The lowest BCUT2D eigenvalue weighted by Gasteiger charge is -2.16. The van der Waals surface area contributed by atoms with Crippen LogP contribution in [0.25, 0.3) is 5.69 Å². The number of nitrogens with zero attached hydrogens (tertiary/aromatic N) is 2. The summed E-state index contributed by atoms with van der Waals surface area (Å²) in [5.74, 6) is 0. The summed E-state index contributed by atoms with van der Waals surface area (Å²) in [6.45, 7) is 9.34. The minimum atomic E-state index is 0.261. The smallest absolute Gasteiger partial charge is 0.0663 e. The Labute approximate surface area is 126 Å². The van der Waals surface area contributed by atoms with Crippen molar-refractivity contribution < 1.29 is 0 Å². The fourth-order valence-corrected chi connectivity index (χ4v) is 2.70. The van der Waals surface area contributed by atoms with Gasteiger partial charge in [0.1, 0.15) is 0 Å². The lowest BCUT2D eigenvalue weighted by molar-refractivity contribution is 0.570. The van der Waals surface area contributed by atoms with Gasteiger partial charge in [0.15, 0.2) is 0 Å². The summed E-state index contributed by atoms with van der Waals surface area (Å²) in [6, 6.07) is 8.47. The van der Waals surface area contributed by atoms with E-state index in [1.54, 1.807) is 0 Å². The van der Waals surface area contributed by atoms with Crippen LogP contribution >= 0.6 is 11.6 Å². The van der Waals surface area contributed by atoms with Gasteiger partial charge >= 0.3 is 0 Å². The highest BCUT2D eigenvalue weighted by molar-refractivity contribution is 6.31. The van der Waals surface area contributed by atoms with Crippen LogP contribution in [0.4, 0.5) is 0 Å². The Morgan fingerprint density at radius 3 is 2.60 bits per heavy atom. The van der Waals surface area contributed by atoms with Gasteiger partial charge in [-0.2, -0.15) is 5.10 Å². The molecule has 0 saturated carbocycles. The van der Waals surface area contributed by atoms with Crippen molar-refractivity contribution in [2.75, 3.05) is 6.54 Å². The topological polar surface area (TPSA) is 29.9 Å². The van der Waals surface area contributed by atoms with E-state index in [-0.39, 0.29) is 6.04 Å². The van der Waals surface area contributed by atoms with E-state index in [4.69, 9.17) is 11.6 Å². The third-order valence-electron chi connectivity index (χ3n) is 3.41. The number of benzene rings is 1. The zero-order chi connectivity index (χ0) is 14.7. The van der Waals surface area contributed by atoms with Gasteiger partial charge in [-0.1, -0.05) is 24.6 Å². The minimum Gasteiger partial charge on any atom is -0.310 e. The highest BCUT2D eigenvalue weighted by Gasteiger charge is 2.11. The molecule has 0 fully saturated rings. The third-order valence-corrected chi connectivity index (χ3v) is 3.73. The molecule has 3 nitrogen and oxygen atoms in total. The van der Waals surface area contributed by atoms with Crippen LogP contribution in [0, 0.1) is 13.8 Å². The van der Waals surface area contributed by atoms with E-state index in [1.807, 2.05) is 24.6 Å². The molecule has 1 unspecified atom stereocenters. The molecule has 1 aromatic carbocycles. The van der Waals surface area contributed by atoms with E-state index in [1.165, 1.54) is 0 Å². The summed E-state index contributed by atoms with van der Waals surface area (Å²) < 4.78 is 1.93. The number of aromatic nitrogens is 2. The Morgan fingerprint density at radius 1 is 1.30 bits per heavy atom. The number of nitrogens with one attached hydrogen (secondary N) is 1. The van der Waals surface area contributed by atoms with E-state index in [0.717, 1.165) is 40.6 Å². The number of hydrogen-bond donors (Lipinski definition) is 1. The van der Waals surface area contributed by atoms with Gasteiger partial charge in [0.25, 0.3) is 0 Å². The molecule has 0 radical (unpaired) electrons. The van der Waals surface area contributed by atoms with E-state index in [9.17, 15) is 0 Å². The van der Waals surface area contributed by atoms with Crippen LogP contribution < -0.4 is 5.32 Å². The van der Waals surface area contributed by atoms with Crippen LogP contribution in [0.1, 0.15) is 43.3 Å². The molecule has 2 rings (SSSR count). The summed E-state index contributed by atoms with van der Waals surface area (Å²) in [5.41, 5.74) is 4.27. The Balaban J connectivity index is 2.28. The second kappa shape index (κ2) is 6.42. The number of rotatable bonds is 5. The van der Waals surface area contributed by atoms with E-state index < -0.39 is 0 Å². The van der Waals surface area contributed by atoms with Gasteiger partial charge in [0, 0.05) is 16.8 Å². The van der Waals surface area contributed by atoms with Crippen LogP contribution in [-0.2, 0) is 0 Å². The fraction of sp³-hybridized carbons (Fsp3) is 0.438. The van der Waals surface area contributed by atoms with Crippen molar-refractivity contribution in [3.63, 3.8) is 0 Å². The molecule has 2 aromatic rings. The highest BCUT2D eigenvalue weighted by atomic mass is 35.5. The molecule has 4 heteroatoms. The predicted octanol–water partition coefficient (Wildman–Crippen LogP) is 4.20. The monoisotopic (exact) mass is 291 g/mol. The summed E-state index contributed by atoms with van der Waals surface area (Å²) in [6.07, 6.45) is 1.12. The summed E-state index contributed by atoms with van der Waals surface area (Å²) in [5, 5.41) is 8.73. The van der Waals surface area contributed by atoms with Crippen molar-refractivity contribution in [3.8, 4) is 5.69 Å². The van der Waals surface area contributed by atoms with Crippen molar-refractivity contribution in [2.24, 2.45) is 0 Å². The molecule has 0 saturated heterocycles. The van der Waals surface area contributed by atoms with Crippen LogP contribution in [0.2, 0.25) is 5.02 Å². The van der Waals surface area contributed by atoms with Gasteiger partial charge in [0.2, 0.25) is 0 Å². The molecule has 0 aliphatic rings. The zero-order valence-corrected chi connectivity index (χ0v) is 13.3. The summed E-state index contributed by atoms with van der Waals surface area (Å²) >= 11 is 6.43. The molecule has 20 heavy (non-hydrogen) atoms. The molecule has 0 spiro atoms. The second-order valence-corrected chi connectivity index (χ2v) is 5.63. The van der Waals surface area contributed by atoms with Crippen LogP contribution in [0.5, 0.6) is 0 Å². The zero-order valence-electron chi connectivity index (χ0n) is 12.6. The van der Waals surface area contributed by atoms with Crippen LogP contribution in [-0.4, -0.2) is 16.3 Å². The van der Waals surface area contributed by atoms with Crippen molar-refractivity contribution in [1.29, 1.82) is 0 Å². The fourth-order valence-electron chi connectivity index (χ4n) is 2.36. The normalized spacial score (nSPS) is 12.7. The van der Waals surface area contributed by atoms with Gasteiger partial charge < -0.3 is 5.32 Å². The van der Waals surface area contributed by atoms with E-state index in [2.05, 4.69) is 42.5 Å². The molecule has 0 bridgehead atoms. The first-order valence-electron chi connectivity index (χ1n) is 7.09. The lowest BCUT2D eigenvalue weighted by atomic mass is 10.1. The molecule has 1 atom stereocenters. The van der Waals surface area contributed by atoms with Gasteiger partial charge in [-0.05, 0) is 57.5 Å². The minimum absolute atomic E-state index is 0.261. The molecular formula is C16H22ClN3. The maximum absolute atomic E-state index is 6.43. The second-order valence-electron chi connectivity index (χ2n) is 5.22. The quantitative estimate of drug-likeness (QED) is 0.894. The highest BCUT2D eigenvalue weighted by Crippen LogP contribution is 2.26. The van der Waals surface area contributed by atoms with Gasteiger partial charge in [0.05, 0.1) is 11.4 Å². The summed E-state index contributed by atoms with van der Waals surface area (Å²) in [4.78, 5) is 0. The molecule has 1 aromatic heterocycles. The SMILES string of the molecule is CCCNC(C)c1ccc(-n2nc(C)cc2C)cc1Cl. The number of hydrogen-bond acceptors (Lipinski definition) is 2. The maximum Gasteiger partial charge on any atom is 0.0663 e. The largest absolute Gasteiger partial charge is 0.310 e. The Morgan fingerprint density at radius 2 is 2.05 bits per heavy atom.